The van der Waals surface area contributed by atoms with E-state index in [2.05, 4.69) is 15.2 Å². The number of nitrogens with one attached hydrogen (secondary N) is 1. The van der Waals surface area contributed by atoms with Gasteiger partial charge >= 0.3 is 0 Å². The van der Waals surface area contributed by atoms with E-state index in [1.807, 2.05) is 57.4 Å². The molecule has 0 saturated heterocycles. The van der Waals surface area contributed by atoms with Gasteiger partial charge in [-0.3, -0.25) is 14.3 Å². The third kappa shape index (κ3) is 9.33. The van der Waals surface area contributed by atoms with Crippen molar-refractivity contribution in [3.8, 4) is 16.9 Å². The van der Waals surface area contributed by atoms with Gasteiger partial charge in [-0.05, 0) is 112 Å². The number of amides is 1. The van der Waals surface area contributed by atoms with Crippen molar-refractivity contribution in [1.82, 2.24) is 9.88 Å². The summed E-state index contributed by atoms with van der Waals surface area (Å²) in [4.78, 5) is 18.7. The molecule has 0 aliphatic heterocycles. The second-order valence-corrected chi connectivity index (χ2v) is 10.7. The summed E-state index contributed by atoms with van der Waals surface area (Å²) in [6.45, 7) is 2.77. The lowest BCUT2D eigenvalue weighted by Crippen LogP contribution is -2.14. The fraction of sp³-hybridized carbons (Fsp3) is 0.200. The predicted molar refractivity (Wildman–Crippen MR) is 154 cm³/mol. The van der Waals surface area contributed by atoms with E-state index >= 15 is 0 Å². The van der Waals surface area contributed by atoms with E-state index in [0.29, 0.717) is 5.56 Å². The summed E-state index contributed by atoms with van der Waals surface area (Å²) in [5.74, 6) is 0.0440. The highest BCUT2D eigenvalue weighted by atomic mass is 32.2. The molecule has 0 atom stereocenters. The zero-order valence-electron chi connectivity index (χ0n) is 22.2. The molecule has 1 amide bonds. The van der Waals surface area contributed by atoms with E-state index < -0.39 is 10.1 Å². The van der Waals surface area contributed by atoms with Crippen molar-refractivity contribution in [1.29, 1.82) is 0 Å². The van der Waals surface area contributed by atoms with E-state index in [1.54, 1.807) is 42.7 Å². The zero-order valence-corrected chi connectivity index (χ0v) is 23.0. The summed E-state index contributed by atoms with van der Waals surface area (Å²) in [5, 5.41) is 13.0. The molecule has 4 rings (SSSR count). The summed E-state index contributed by atoms with van der Waals surface area (Å²) >= 11 is 0. The van der Waals surface area contributed by atoms with Crippen LogP contribution in [0, 0.1) is 6.92 Å². The van der Waals surface area contributed by atoms with Gasteiger partial charge < -0.3 is 15.3 Å². The molecule has 0 aliphatic carbocycles. The Morgan fingerprint density at radius 1 is 0.897 bits per heavy atom. The number of phenols is 1. The Labute approximate surface area is 229 Å². The van der Waals surface area contributed by atoms with Gasteiger partial charge in [-0.1, -0.05) is 29.8 Å². The molecule has 0 unspecified atom stereocenters. The Bertz CT molecular complexity index is 1470. The van der Waals surface area contributed by atoms with Gasteiger partial charge in [0, 0.05) is 23.6 Å². The normalized spacial score (nSPS) is 11.0. The molecule has 1 heterocycles. The highest BCUT2D eigenvalue weighted by molar-refractivity contribution is 7.85. The average Bonchev–Trinajstić information content (AvgIpc) is 2.90. The first kappa shape index (κ1) is 29.5. The largest absolute Gasteiger partial charge is 0.508 e. The number of rotatable bonds is 8. The number of phenolic OH excluding ortho intramolecular Hbond substituents is 1. The maximum atomic E-state index is 12.6. The van der Waals surface area contributed by atoms with E-state index in [1.165, 1.54) is 12.1 Å². The number of carbonyl (C=O) groups excluding carboxylic acids is 1. The number of aromatic hydroxyl groups is 1. The molecule has 0 spiro atoms. The summed E-state index contributed by atoms with van der Waals surface area (Å²) in [6, 6.07) is 22.6. The average molecular weight is 548 g/mol. The van der Waals surface area contributed by atoms with Crippen molar-refractivity contribution in [2.24, 2.45) is 0 Å². The minimum Gasteiger partial charge on any atom is -0.508 e. The van der Waals surface area contributed by atoms with Crippen LogP contribution in [0.25, 0.3) is 11.1 Å². The van der Waals surface area contributed by atoms with Crippen LogP contribution in [0.5, 0.6) is 5.75 Å². The third-order valence-electron chi connectivity index (χ3n) is 5.87. The van der Waals surface area contributed by atoms with Gasteiger partial charge in [0.05, 0.1) is 4.90 Å². The minimum absolute atomic E-state index is 0.0666. The lowest BCUT2D eigenvalue weighted by atomic mass is 10.0. The van der Waals surface area contributed by atoms with Gasteiger partial charge in [-0.25, -0.2) is 0 Å². The second-order valence-electron chi connectivity index (χ2n) is 9.31. The molecule has 0 fully saturated rings. The molecule has 9 heteroatoms. The molecule has 4 aromatic rings. The molecule has 39 heavy (non-hydrogen) atoms. The monoisotopic (exact) mass is 547 g/mol. The number of benzene rings is 3. The molecule has 1 aromatic heterocycles. The first-order valence-corrected chi connectivity index (χ1v) is 13.8. The maximum Gasteiger partial charge on any atom is 0.294 e. The molecular formula is C30H33N3O5S. The predicted octanol–water partition coefficient (Wildman–Crippen LogP) is 5.44. The number of pyridine rings is 1. The van der Waals surface area contributed by atoms with Crippen LogP contribution in [0.2, 0.25) is 0 Å². The van der Waals surface area contributed by atoms with E-state index in [9.17, 15) is 18.3 Å². The van der Waals surface area contributed by atoms with Crippen molar-refractivity contribution in [2.45, 2.75) is 24.7 Å². The first-order valence-electron chi connectivity index (χ1n) is 12.4. The van der Waals surface area contributed by atoms with Crippen molar-refractivity contribution in [3.63, 3.8) is 0 Å². The molecule has 0 saturated carbocycles. The Hall–Kier alpha value is -4.05. The second kappa shape index (κ2) is 13.7. The number of anilines is 1. The molecule has 0 bridgehead atoms. The number of nitrogens with zero attached hydrogens (tertiary/aromatic N) is 2. The van der Waals surface area contributed by atoms with Crippen molar-refractivity contribution < 1.29 is 22.9 Å². The maximum absolute atomic E-state index is 12.6. The van der Waals surface area contributed by atoms with Crippen molar-refractivity contribution >= 4 is 21.7 Å². The highest BCUT2D eigenvalue weighted by Gasteiger charge is 2.11. The molecule has 204 valence electrons. The van der Waals surface area contributed by atoms with Gasteiger partial charge in [0.1, 0.15) is 5.75 Å². The number of carbonyl (C=O) groups is 1. The Morgan fingerprint density at radius 2 is 1.51 bits per heavy atom. The lowest BCUT2D eigenvalue weighted by molar-refractivity contribution is 0.102. The zero-order chi connectivity index (χ0) is 28.4. The lowest BCUT2D eigenvalue weighted by Gasteiger charge is -2.11. The number of aromatic nitrogens is 1. The van der Waals surface area contributed by atoms with E-state index in [4.69, 9.17) is 4.55 Å². The molecule has 0 aliphatic rings. The van der Waals surface area contributed by atoms with Gasteiger partial charge in [0.2, 0.25) is 0 Å². The van der Waals surface area contributed by atoms with Crippen LogP contribution in [0.4, 0.5) is 5.69 Å². The smallest absolute Gasteiger partial charge is 0.294 e. The SMILES string of the molecule is CN(C)CCCc1cc(C(=O)Nc2ccc(-c3ccncc3)cc2)ccc1O.Cc1ccc(S(=O)(=O)O)cc1. The van der Waals surface area contributed by atoms with Gasteiger partial charge in [-0.2, -0.15) is 8.42 Å². The summed E-state index contributed by atoms with van der Waals surface area (Å²) in [7, 11) is 0.0155. The highest BCUT2D eigenvalue weighted by Crippen LogP contribution is 2.23. The number of aryl methyl sites for hydroxylation is 2. The number of hydrogen-bond acceptors (Lipinski definition) is 6. The topological polar surface area (TPSA) is 120 Å². The quantitative estimate of drug-likeness (QED) is 0.251. The van der Waals surface area contributed by atoms with Crippen molar-refractivity contribution in [2.75, 3.05) is 26.0 Å². The van der Waals surface area contributed by atoms with Gasteiger partial charge in [-0.15, -0.1) is 0 Å². The standard InChI is InChI=1S/C23H25N3O2.C7H8O3S/c1-26(2)15-3-4-19-16-20(7-10-22(19)27)23(28)25-21-8-5-17(6-9-21)18-11-13-24-14-12-18;1-6-2-4-7(5-3-6)11(8,9)10/h5-14,16,27H,3-4,15H2,1-2H3,(H,25,28);2-5H,1H3,(H,8,9,10). The Morgan fingerprint density at radius 3 is 2.10 bits per heavy atom. The summed E-state index contributed by atoms with van der Waals surface area (Å²) in [5.41, 5.74) is 5.16. The van der Waals surface area contributed by atoms with Crippen LogP contribution in [-0.2, 0) is 16.5 Å². The van der Waals surface area contributed by atoms with Crippen LogP contribution in [-0.4, -0.2) is 54.5 Å². The fourth-order valence-electron chi connectivity index (χ4n) is 3.72. The van der Waals surface area contributed by atoms with Crippen LogP contribution in [0.3, 0.4) is 0 Å². The summed E-state index contributed by atoms with van der Waals surface area (Å²) in [6.07, 6.45) is 5.16. The molecule has 8 nitrogen and oxygen atoms in total. The van der Waals surface area contributed by atoms with Crippen LogP contribution >= 0.6 is 0 Å². The van der Waals surface area contributed by atoms with E-state index in [0.717, 1.165) is 47.3 Å². The molecule has 3 aromatic carbocycles. The Kier molecular flexibility index (Phi) is 10.3. The van der Waals surface area contributed by atoms with E-state index in [-0.39, 0.29) is 16.6 Å². The molecule has 3 N–H and O–H groups in total. The third-order valence-corrected chi connectivity index (χ3v) is 6.74. The first-order chi connectivity index (χ1) is 18.5. The van der Waals surface area contributed by atoms with Gasteiger partial charge in [0.25, 0.3) is 16.0 Å². The van der Waals surface area contributed by atoms with Crippen LogP contribution < -0.4 is 5.32 Å². The fourth-order valence-corrected chi connectivity index (χ4v) is 4.20. The van der Waals surface area contributed by atoms with Crippen LogP contribution in [0.1, 0.15) is 27.9 Å². The van der Waals surface area contributed by atoms with Crippen molar-refractivity contribution in [3.05, 3.63) is 108 Å². The van der Waals surface area contributed by atoms with Gasteiger partial charge in [0.15, 0.2) is 0 Å². The minimum atomic E-state index is -4.02. The molecular weight excluding hydrogens is 514 g/mol. The summed E-state index contributed by atoms with van der Waals surface area (Å²) < 4.78 is 29.6. The molecule has 0 radical (unpaired) electrons. The number of hydrogen-bond donors (Lipinski definition) is 3. The van der Waals surface area contributed by atoms with Crippen LogP contribution in [0.15, 0.2) is 96.2 Å². The Balaban J connectivity index is 0.000000320.